The van der Waals surface area contributed by atoms with E-state index in [9.17, 15) is 0 Å². The molecule has 92 valence electrons. The van der Waals surface area contributed by atoms with Gasteiger partial charge in [-0.05, 0) is 42.9 Å². The van der Waals surface area contributed by atoms with Crippen LogP contribution in [0.5, 0.6) is 0 Å². The number of benzene rings is 1. The molecule has 0 aliphatic heterocycles. The summed E-state index contributed by atoms with van der Waals surface area (Å²) in [6, 6.07) is 6.45. The SMILES string of the molecule is CCCCc1cccc2occ(CCCC)c12. The summed E-state index contributed by atoms with van der Waals surface area (Å²) in [5.74, 6) is 0. The smallest absolute Gasteiger partial charge is 0.134 e. The van der Waals surface area contributed by atoms with Gasteiger partial charge in [0.25, 0.3) is 0 Å². The quantitative estimate of drug-likeness (QED) is 0.671. The van der Waals surface area contributed by atoms with Gasteiger partial charge in [0.15, 0.2) is 0 Å². The zero-order valence-electron chi connectivity index (χ0n) is 11.0. The van der Waals surface area contributed by atoms with E-state index in [2.05, 4.69) is 32.0 Å². The molecule has 0 saturated heterocycles. The molecule has 0 bridgehead atoms. The average molecular weight is 230 g/mol. The first kappa shape index (κ1) is 12.2. The summed E-state index contributed by atoms with van der Waals surface area (Å²) in [4.78, 5) is 0. The lowest BCUT2D eigenvalue weighted by Crippen LogP contribution is -1.89. The minimum absolute atomic E-state index is 1.06. The second-order valence-corrected chi connectivity index (χ2v) is 4.76. The predicted molar refractivity (Wildman–Crippen MR) is 73.4 cm³/mol. The number of rotatable bonds is 6. The summed E-state index contributed by atoms with van der Waals surface area (Å²) in [6.45, 7) is 4.48. The third-order valence-electron chi connectivity index (χ3n) is 3.36. The Morgan fingerprint density at radius 1 is 0.941 bits per heavy atom. The van der Waals surface area contributed by atoms with Crippen LogP contribution in [0.15, 0.2) is 28.9 Å². The zero-order valence-corrected chi connectivity index (χ0v) is 11.0. The molecule has 2 aromatic rings. The third-order valence-corrected chi connectivity index (χ3v) is 3.36. The van der Waals surface area contributed by atoms with Crippen LogP contribution < -0.4 is 0 Å². The van der Waals surface area contributed by atoms with Crippen LogP contribution in [-0.2, 0) is 12.8 Å². The van der Waals surface area contributed by atoms with E-state index in [4.69, 9.17) is 4.42 Å². The summed E-state index contributed by atoms with van der Waals surface area (Å²) in [7, 11) is 0. The predicted octanol–water partition coefficient (Wildman–Crippen LogP) is 5.12. The molecule has 0 radical (unpaired) electrons. The second-order valence-electron chi connectivity index (χ2n) is 4.76. The van der Waals surface area contributed by atoms with Crippen LogP contribution in [-0.4, -0.2) is 0 Å². The van der Waals surface area contributed by atoms with Crippen molar-refractivity contribution in [3.8, 4) is 0 Å². The van der Waals surface area contributed by atoms with Crippen molar-refractivity contribution in [2.24, 2.45) is 0 Å². The van der Waals surface area contributed by atoms with Crippen LogP contribution in [0.25, 0.3) is 11.0 Å². The molecule has 1 heteroatoms. The fraction of sp³-hybridized carbons (Fsp3) is 0.500. The van der Waals surface area contributed by atoms with E-state index >= 15 is 0 Å². The van der Waals surface area contributed by atoms with Crippen molar-refractivity contribution in [1.82, 2.24) is 0 Å². The first-order chi connectivity index (χ1) is 8.36. The van der Waals surface area contributed by atoms with Crippen LogP contribution in [0, 0.1) is 0 Å². The summed E-state index contributed by atoms with van der Waals surface area (Å²) in [6.07, 6.45) is 9.27. The molecule has 17 heavy (non-hydrogen) atoms. The number of furan rings is 1. The highest BCUT2D eigenvalue weighted by molar-refractivity contribution is 5.84. The van der Waals surface area contributed by atoms with Gasteiger partial charge < -0.3 is 4.42 Å². The van der Waals surface area contributed by atoms with E-state index in [1.165, 1.54) is 48.6 Å². The number of hydrogen-bond donors (Lipinski definition) is 0. The standard InChI is InChI=1S/C16H22O/c1-3-5-8-13-10-7-11-15-16(13)14(12-17-15)9-6-4-2/h7,10-12H,3-6,8-9H2,1-2H3. The van der Waals surface area contributed by atoms with Gasteiger partial charge in [0.2, 0.25) is 0 Å². The molecule has 0 N–H and O–H groups in total. The maximum Gasteiger partial charge on any atom is 0.134 e. The highest BCUT2D eigenvalue weighted by Gasteiger charge is 2.09. The van der Waals surface area contributed by atoms with E-state index in [-0.39, 0.29) is 0 Å². The Morgan fingerprint density at radius 3 is 2.35 bits per heavy atom. The number of unbranched alkanes of at least 4 members (excludes halogenated alkanes) is 2. The van der Waals surface area contributed by atoms with Gasteiger partial charge in [-0.2, -0.15) is 0 Å². The third kappa shape index (κ3) is 2.71. The Hall–Kier alpha value is -1.24. The minimum Gasteiger partial charge on any atom is -0.464 e. The lowest BCUT2D eigenvalue weighted by molar-refractivity contribution is 0.608. The normalized spacial score (nSPS) is 11.2. The molecule has 2 rings (SSSR count). The summed E-state index contributed by atoms with van der Waals surface area (Å²) in [5.41, 5.74) is 3.92. The molecule has 0 unspecified atom stereocenters. The van der Waals surface area contributed by atoms with E-state index < -0.39 is 0 Å². The van der Waals surface area contributed by atoms with E-state index in [1.54, 1.807) is 0 Å². The van der Waals surface area contributed by atoms with Crippen LogP contribution in [0.3, 0.4) is 0 Å². The highest BCUT2D eigenvalue weighted by Crippen LogP contribution is 2.27. The maximum absolute atomic E-state index is 5.67. The van der Waals surface area contributed by atoms with E-state index in [1.807, 2.05) is 6.26 Å². The average Bonchev–Trinajstić information content (AvgIpc) is 2.77. The van der Waals surface area contributed by atoms with Crippen LogP contribution in [0.4, 0.5) is 0 Å². The Morgan fingerprint density at radius 2 is 1.65 bits per heavy atom. The molecule has 1 nitrogen and oxygen atoms in total. The zero-order chi connectivity index (χ0) is 12.1. The second kappa shape index (κ2) is 5.90. The van der Waals surface area contributed by atoms with Crippen LogP contribution in [0.2, 0.25) is 0 Å². The monoisotopic (exact) mass is 230 g/mol. The van der Waals surface area contributed by atoms with Crippen molar-refractivity contribution in [2.45, 2.75) is 52.4 Å². The Balaban J connectivity index is 2.33. The molecule has 0 saturated carbocycles. The largest absolute Gasteiger partial charge is 0.464 e. The van der Waals surface area contributed by atoms with E-state index in [0.717, 1.165) is 12.0 Å². The summed E-state index contributed by atoms with van der Waals surface area (Å²) in [5, 5.41) is 1.38. The molecule has 0 aliphatic rings. The topological polar surface area (TPSA) is 13.1 Å². The number of hydrogen-bond acceptors (Lipinski definition) is 1. The molecule has 1 heterocycles. The Labute approximate surface area is 104 Å². The summed E-state index contributed by atoms with van der Waals surface area (Å²) >= 11 is 0. The molecule has 0 fully saturated rings. The van der Waals surface area contributed by atoms with Crippen molar-refractivity contribution >= 4 is 11.0 Å². The lowest BCUT2D eigenvalue weighted by Gasteiger charge is -2.04. The van der Waals surface area contributed by atoms with Crippen molar-refractivity contribution in [3.05, 3.63) is 35.6 Å². The number of fused-ring (bicyclic) bond motifs is 1. The molecule has 0 spiro atoms. The Bertz CT molecular complexity index is 467. The van der Waals surface area contributed by atoms with Gasteiger partial charge in [-0.15, -0.1) is 0 Å². The van der Waals surface area contributed by atoms with Gasteiger partial charge >= 0.3 is 0 Å². The molecule has 1 aromatic heterocycles. The fourth-order valence-electron chi connectivity index (χ4n) is 2.36. The van der Waals surface area contributed by atoms with Crippen molar-refractivity contribution in [2.75, 3.05) is 0 Å². The Kier molecular flexibility index (Phi) is 4.24. The molecule has 0 atom stereocenters. The first-order valence-electron chi connectivity index (χ1n) is 6.84. The molecule has 0 aliphatic carbocycles. The first-order valence-corrected chi connectivity index (χ1v) is 6.84. The molecule has 0 amide bonds. The van der Waals surface area contributed by atoms with Gasteiger partial charge in [-0.3, -0.25) is 0 Å². The van der Waals surface area contributed by atoms with Crippen LogP contribution in [0.1, 0.15) is 50.7 Å². The molecule has 1 aromatic carbocycles. The number of aryl methyl sites for hydroxylation is 2. The van der Waals surface area contributed by atoms with Gasteiger partial charge in [0, 0.05) is 5.39 Å². The van der Waals surface area contributed by atoms with Gasteiger partial charge in [-0.25, -0.2) is 0 Å². The fourth-order valence-corrected chi connectivity index (χ4v) is 2.36. The lowest BCUT2D eigenvalue weighted by atomic mass is 9.99. The van der Waals surface area contributed by atoms with Crippen LogP contribution >= 0.6 is 0 Å². The van der Waals surface area contributed by atoms with E-state index in [0.29, 0.717) is 0 Å². The van der Waals surface area contributed by atoms with Gasteiger partial charge in [-0.1, -0.05) is 38.8 Å². The van der Waals surface area contributed by atoms with Crippen molar-refractivity contribution in [3.63, 3.8) is 0 Å². The van der Waals surface area contributed by atoms with Gasteiger partial charge in [0.1, 0.15) is 5.58 Å². The minimum atomic E-state index is 1.06. The van der Waals surface area contributed by atoms with Gasteiger partial charge in [0.05, 0.1) is 6.26 Å². The molecular weight excluding hydrogens is 208 g/mol. The molecular formula is C16H22O. The van der Waals surface area contributed by atoms with Crippen molar-refractivity contribution in [1.29, 1.82) is 0 Å². The maximum atomic E-state index is 5.67. The van der Waals surface area contributed by atoms with Crippen molar-refractivity contribution < 1.29 is 4.42 Å². The summed E-state index contributed by atoms with van der Waals surface area (Å²) < 4.78 is 5.67. The highest BCUT2D eigenvalue weighted by atomic mass is 16.3.